The summed E-state index contributed by atoms with van der Waals surface area (Å²) in [5.41, 5.74) is 2.28. The summed E-state index contributed by atoms with van der Waals surface area (Å²) in [5.74, 6) is 0.675. The predicted molar refractivity (Wildman–Crippen MR) is 110 cm³/mol. The lowest BCUT2D eigenvalue weighted by atomic mass is 10.2. The zero-order chi connectivity index (χ0) is 20.1. The maximum atomic E-state index is 12.3. The molecule has 8 heteroatoms. The third kappa shape index (κ3) is 5.77. The maximum absolute atomic E-state index is 12.3. The van der Waals surface area contributed by atoms with Crippen LogP contribution in [0.5, 0.6) is 5.75 Å². The number of hydrogen-bond donors (Lipinski definition) is 1. The second kappa shape index (κ2) is 9.67. The molecule has 5 nitrogen and oxygen atoms in total. The SMILES string of the molecule is CCc1nn(C)c(CC(=O)NCc2cc(Cl)c(OCC(C)C)c(Cl)c2)c1Cl. The zero-order valence-electron chi connectivity index (χ0n) is 15.9. The fourth-order valence-electron chi connectivity index (χ4n) is 2.53. The first-order valence-electron chi connectivity index (χ1n) is 8.80. The molecule has 0 saturated carbocycles. The number of amides is 1. The smallest absolute Gasteiger partial charge is 0.226 e. The Labute approximate surface area is 174 Å². The highest BCUT2D eigenvalue weighted by Crippen LogP contribution is 2.34. The van der Waals surface area contributed by atoms with E-state index < -0.39 is 0 Å². The van der Waals surface area contributed by atoms with Crippen molar-refractivity contribution in [3.63, 3.8) is 0 Å². The van der Waals surface area contributed by atoms with Gasteiger partial charge in [-0.2, -0.15) is 5.10 Å². The van der Waals surface area contributed by atoms with E-state index in [1.165, 1.54) is 0 Å². The highest BCUT2D eigenvalue weighted by Gasteiger charge is 2.16. The first-order valence-corrected chi connectivity index (χ1v) is 9.93. The van der Waals surface area contributed by atoms with Gasteiger partial charge in [0.15, 0.2) is 5.75 Å². The number of rotatable bonds is 8. The van der Waals surface area contributed by atoms with Gasteiger partial charge in [-0.05, 0) is 30.0 Å². The Hall–Kier alpha value is -1.43. The standard InChI is InChI=1S/C19H24Cl3N3O2/c1-5-15-18(22)16(25(4)24-15)8-17(26)23-9-12-6-13(20)19(14(21)7-12)27-10-11(2)3/h6-7,11H,5,8-10H2,1-4H3,(H,23,26). The van der Waals surface area contributed by atoms with Crippen LogP contribution in [-0.4, -0.2) is 22.3 Å². The van der Waals surface area contributed by atoms with E-state index in [2.05, 4.69) is 10.4 Å². The largest absolute Gasteiger partial charge is 0.490 e. The van der Waals surface area contributed by atoms with Gasteiger partial charge in [-0.15, -0.1) is 0 Å². The molecule has 0 saturated heterocycles. The third-order valence-electron chi connectivity index (χ3n) is 3.94. The van der Waals surface area contributed by atoms with Crippen molar-refractivity contribution < 1.29 is 9.53 Å². The van der Waals surface area contributed by atoms with Crippen LogP contribution < -0.4 is 10.1 Å². The zero-order valence-corrected chi connectivity index (χ0v) is 18.2. The fourth-order valence-corrected chi connectivity index (χ4v) is 3.53. The van der Waals surface area contributed by atoms with Crippen LogP contribution in [0.2, 0.25) is 15.1 Å². The van der Waals surface area contributed by atoms with Crippen LogP contribution in [0, 0.1) is 5.92 Å². The van der Waals surface area contributed by atoms with Crippen molar-refractivity contribution in [3.8, 4) is 5.75 Å². The number of nitrogens with zero attached hydrogens (tertiary/aromatic N) is 2. The van der Waals surface area contributed by atoms with Gasteiger partial charge in [0.05, 0.1) is 39.5 Å². The van der Waals surface area contributed by atoms with Gasteiger partial charge in [0.2, 0.25) is 5.91 Å². The molecule has 0 atom stereocenters. The predicted octanol–water partition coefficient (Wildman–Crippen LogP) is 4.84. The van der Waals surface area contributed by atoms with Crippen LogP contribution >= 0.6 is 34.8 Å². The molecular weight excluding hydrogens is 409 g/mol. The highest BCUT2D eigenvalue weighted by atomic mass is 35.5. The minimum Gasteiger partial charge on any atom is -0.490 e. The van der Waals surface area contributed by atoms with Crippen molar-refractivity contribution in [3.05, 3.63) is 44.2 Å². The van der Waals surface area contributed by atoms with Gasteiger partial charge < -0.3 is 10.1 Å². The number of hydrogen-bond acceptors (Lipinski definition) is 3. The van der Waals surface area contributed by atoms with Crippen LogP contribution in [-0.2, 0) is 31.2 Å². The molecule has 0 aliphatic heterocycles. The Balaban J connectivity index is 2.00. The summed E-state index contributed by atoms with van der Waals surface area (Å²) in [6.45, 7) is 6.90. The summed E-state index contributed by atoms with van der Waals surface area (Å²) in [4.78, 5) is 12.3. The third-order valence-corrected chi connectivity index (χ3v) is 4.94. The normalized spacial score (nSPS) is 11.1. The van der Waals surface area contributed by atoms with E-state index in [4.69, 9.17) is 39.5 Å². The summed E-state index contributed by atoms with van der Waals surface area (Å²) >= 11 is 18.8. The maximum Gasteiger partial charge on any atom is 0.226 e. The summed E-state index contributed by atoms with van der Waals surface area (Å²) < 4.78 is 7.30. The van der Waals surface area contributed by atoms with Gasteiger partial charge in [-0.25, -0.2) is 0 Å². The monoisotopic (exact) mass is 431 g/mol. The second-order valence-electron chi connectivity index (χ2n) is 6.73. The number of ether oxygens (including phenoxy) is 1. The van der Waals surface area contributed by atoms with Crippen LogP contribution in [0.4, 0.5) is 0 Å². The first-order chi connectivity index (χ1) is 12.7. The van der Waals surface area contributed by atoms with Gasteiger partial charge >= 0.3 is 0 Å². The van der Waals surface area contributed by atoms with Gasteiger partial charge in [0, 0.05) is 13.6 Å². The molecule has 2 rings (SSSR count). The molecule has 0 fully saturated rings. The highest BCUT2D eigenvalue weighted by molar-refractivity contribution is 6.37. The second-order valence-corrected chi connectivity index (χ2v) is 7.92. The molecule has 1 aromatic carbocycles. The average molecular weight is 433 g/mol. The number of carbonyl (C=O) groups is 1. The average Bonchev–Trinajstić information content (AvgIpc) is 2.86. The molecule has 0 radical (unpaired) electrons. The molecule has 1 amide bonds. The number of aromatic nitrogens is 2. The van der Waals surface area contributed by atoms with E-state index in [0.717, 1.165) is 17.7 Å². The van der Waals surface area contributed by atoms with Crippen molar-refractivity contribution in [1.29, 1.82) is 0 Å². The van der Waals surface area contributed by atoms with Crippen LogP contribution in [0.15, 0.2) is 12.1 Å². The van der Waals surface area contributed by atoms with E-state index in [0.29, 0.717) is 45.6 Å². The first kappa shape index (κ1) is 21.9. The van der Waals surface area contributed by atoms with Crippen LogP contribution in [0.1, 0.15) is 37.7 Å². The van der Waals surface area contributed by atoms with Crippen molar-refractivity contribution in [2.24, 2.45) is 13.0 Å². The number of carbonyl (C=O) groups excluding carboxylic acids is 1. The van der Waals surface area contributed by atoms with E-state index in [9.17, 15) is 4.79 Å². The summed E-state index contributed by atoms with van der Waals surface area (Å²) in [6.07, 6.45) is 0.871. The minimum atomic E-state index is -0.157. The molecule has 0 spiro atoms. The quantitative estimate of drug-likeness (QED) is 0.649. The lowest BCUT2D eigenvalue weighted by molar-refractivity contribution is -0.120. The molecule has 1 aromatic heterocycles. The lowest BCUT2D eigenvalue weighted by Crippen LogP contribution is -2.25. The van der Waals surface area contributed by atoms with E-state index >= 15 is 0 Å². The van der Waals surface area contributed by atoms with E-state index in [-0.39, 0.29) is 12.3 Å². The molecule has 0 aliphatic rings. The Bertz CT molecular complexity index is 796. The van der Waals surface area contributed by atoms with Gasteiger partial charge in [0.1, 0.15) is 0 Å². The lowest BCUT2D eigenvalue weighted by Gasteiger charge is -2.14. The van der Waals surface area contributed by atoms with Crippen molar-refractivity contribution in [1.82, 2.24) is 15.1 Å². The molecule has 1 N–H and O–H groups in total. The van der Waals surface area contributed by atoms with Crippen molar-refractivity contribution >= 4 is 40.7 Å². The van der Waals surface area contributed by atoms with E-state index in [1.807, 2.05) is 20.8 Å². The molecule has 0 bridgehead atoms. The summed E-state index contributed by atoms with van der Waals surface area (Å²) in [5, 5.41) is 8.58. The Kier molecular flexibility index (Phi) is 7.83. The fraction of sp³-hybridized carbons (Fsp3) is 0.474. The number of nitrogens with one attached hydrogen (secondary N) is 1. The Morgan fingerprint density at radius 2 is 1.89 bits per heavy atom. The van der Waals surface area contributed by atoms with Crippen LogP contribution in [0.25, 0.3) is 0 Å². The molecule has 0 unspecified atom stereocenters. The Morgan fingerprint density at radius 3 is 2.41 bits per heavy atom. The minimum absolute atomic E-state index is 0.152. The molecular formula is C19H24Cl3N3O2. The van der Waals surface area contributed by atoms with Gasteiger partial charge in [-0.1, -0.05) is 55.6 Å². The topological polar surface area (TPSA) is 56.2 Å². The molecule has 2 aromatic rings. The molecule has 1 heterocycles. The Morgan fingerprint density at radius 1 is 1.26 bits per heavy atom. The number of halogens is 3. The molecule has 148 valence electrons. The van der Waals surface area contributed by atoms with E-state index in [1.54, 1.807) is 23.9 Å². The van der Waals surface area contributed by atoms with Crippen molar-refractivity contribution in [2.45, 2.75) is 40.2 Å². The summed E-state index contributed by atoms with van der Waals surface area (Å²) in [6, 6.07) is 3.49. The summed E-state index contributed by atoms with van der Waals surface area (Å²) in [7, 11) is 1.78. The van der Waals surface area contributed by atoms with Crippen LogP contribution in [0.3, 0.4) is 0 Å². The number of aryl methyl sites for hydroxylation is 2. The van der Waals surface area contributed by atoms with Gasteiger partial charge in [0.25, 0.3) is 0 Å². The van der Waals surface area contributed by atoms with Crippen molar-refractivity contribution in [2.75, 3.05) is 6.61 Å². The van der Waals surface area contributed by atoms with Gasteiger partial charge in [-0.3, -0.25) is 9.48 Å². The number of benzene rings is 1. The molecule has 0 aliphatic carbocycles. The molecule has 27 heavy (non-hydrogen) atoms.